The molecule has 1 amide bonds. The number of ether oxygens (including phenoxy) is 1. The summed E-state index contributed by atoms with van der Waals surface area (Å²) in [5, 5.41) is 4.21. The Morgan fingerprint density at radius 2 is 1.74 bits per heavy atom. The molecule has 0 N–H and O–H groups in total. The lowest BCUT2D eigenvalue weighted by molar-refractivity contribution is -0.122. The number of fused-ring (bicyclic) bond motifs is 1. The highest BCUT2D eigenvalue weighted by Crippen LogP contribution is 2.35. The maximum atomic E-state index is 12.9. The second kappa shape index (κ2) is 9.84. The van der Waals surface area contributed by atoms with Crippen molar-refractivity contribution in [2.24, 2.45) is 0 Å². The fourth-order valence-electron chi connectivity index (χ4n) is 4.93. The van der Waals surface area contributed by atoms with Crippen LogP contribution in [0.5, 0.6) is 5.75 Å². The number of nitrogens with zero attached hydrogens (tertiary/aromatic N) is 3. The number of para-hydroxylation sites is 2. The summed E-state index contributed by atoms with van der Waals surface area (Å²) >= 11 is 0. The van der Waals surface area contributed by atoms with Gasteiger partial charge in [-0.05, 0) is 61.9 Å². The van der Waals surface area contributed by atoms with Crippen molar-refractivity contribution in [1.29, 1.82) is 0 Å². The first kappa shape index (κ1) is 21.8. The number of piperazine rings is 1. The molecule has 5 nitrogen and oxygen atoms in total. The molecule has 5 heteroatoms. The van der Waals surface area contributed by atoms with Gasteiger partial charge in [-0.15, -0.1) is 0 Å². The largest absolute Gasteiger partial charge is 0.493 e. The van der Waals surface area contributed by atoms with Gasteiger partial charge in [0, 0.05) is 32.6 Å². The molecule has 2 aromatic carbocycles. The van der Waals surface area contributed by atoms with Crippen molar-refractivity contribution in [3.8, 4) is 5.75 Å². The zero-order valence-corrected chi connectivity index (χ0v) is 19.1. The van der Waals surface area contributed by atoms with Crippen LogP contribution in [0, 0.1) is 13.8 Å². The number of rotatable bonds is 6. The molecule has 0 radical (unpaired) electrons. The molecule has 0 bridgehead atoms. The van der Waals surface area contributed by atoms with Gasteiger partial charge in [0.2, 0.25) is 5.91 Å². The zero-order chi connectivity index (χ0) is 21.8. The van der Waals surface area contributed by atoms with Crippen LogP contribution in [-0.4, -0.2) is 55.1 Å². The molecular formula is C26H35N3O2. The lowest BCUT2D eigenvalue weighted by Crippen LogP contribution is -2.56. The fraction of sp³-hybridized carbons (Fsp3) is 0.500. The number of anilines is 1. The van der Waals surface area contributed by atoms with Gasteiger partial charge in [-0.1, -0.05) is 43.3 Å². The molecule has 1 fully saturated rings. The normalized spacial score (nSPS) is 19.5. The minimum absolute atomic E-state index is 0.171. The predicted molar refractivity (Wildman–Crippen MR) is 126 cm³/mol. The lowest BCUT2D eigenvalue weighted by atomic mass is 9.90. The SMILES string of the molecule is CCC(=O)N(c1c(C)cccc1C)N1CCN(CCC2CCOc3ccccc32)CC1. The van der Waals surface area contributed by atoms with Crippen LogP contribution in [0.2, 0.25) is 0 Å². The number of carbonyl (C=O) groups is 1. The summed E-state index contributed by atoms with van der Waals surface area (Å²) < 4.78 is 5.82. The lowest BCUT2D eigenvalue weighted by Gasteiger charge is -2.42. The third-order valence-electron chi connectivity index (χ3n) is 6.70. The van der Waals surface area contributed by atoms with Gasteiger partial charge in [0.25, 0.3) is 0 Å². The second-order valence-electron chi connectivity index (χ2n) is 8.76. The second-order valence-corrected chi connectivity index (χ2v) is 8.76. The highest BCUT2D eigenvalue weighted by atomic mass is 16.5. The third kappa shape index (κ3) is 4.78. The number of hydrogen-bond donors (Lipinski definition) is 0. The standard InChI is InChI=1S/C26H35N3O2/c1-4-25(30)29(26-20(2)8-7-9-21(26)3)28-17-15-27(16-18-28)14-12-22-13-19-31-24-11-6-5-10-23(22)24/h5-11,22H,4,12-19H2,1-3H3. The summed E-state index contributed by atoms with van der Waals surface area (Å²) in [5.74, 6) is 1.81. The van der Waals surface area contributed by atoms with Gasteiger partial charge in [0.15, 0.2) is 0 Å². The molecule has 0 aliphatic carbocycles. The van der Waals surface area contributed by atoms with E-state index >= 15 is 0 Å². The Morgan fingerprint density at radius 3 is 2.45 bits per heavy atom. The van der Waals surface area contributed by atoms with Gasteiger partial charge in [0.05, 0.1) is 12.3 Å². The van der Waals surface area contributed by atoms with Gasteiger partial charge in [0.1, 0.15) is 5.75 Å². The quantitative estimate of drug-likeness (QED) is 0.686. The number of carbonyl (C=O) groups excluding carboxylic acids is 1. The molecule has 0 saturated carbocycles. The summed E-state index contributed by atoms with van der Waals surface area (Å²) in [7, 11) is 0. The molecule has 2 aromatic rings. The molecule has 2 aliphatic rings. The van der Waals surface area contributed by atoms with Crippen LogP contribution in [0.25, 0.3) is 0 Å². The molecule has 1 atom stereocenters. The van der Waals surface area contributed by atoms with Gasteiger partial charge < -0.3 is 9.64 Å². The smallest absolute Gasteiger partial charge is 0.241 e. The average Bonchev–Trinajstić information content (AvgIpc) is 2.80. The minimum atomic E-state index is 0.171. The summed E-state index contributed by atoms with van der Waals surface area (Å²) in [6.07, 6.45) is 2.77. The maximum Gasteiger partial charge on any atom is 0.241 e. The van der Waals surface area contributed by atoms with Crippen molar-refractivity contribution < 1.29 is 9.53 Å². The zero-order valence-electron chi connectivity index (χ0n) is 19.1. The van der Waals surface area contributed by atoms with E-state index in [-0.39, 0.29) is 5.91 Å². The highest BCUT2D eigenvalue weighted by Gasteiger charge is 2.29. The van der Waals surface area contributed by atoms with Crippen molar-refractivity contribution >= 4 is 11.6 Å². The Hall–Kier alpha value is -2.37. The van der Waals surface area contributed by atoms with E-state index in [1.54, 1.807) is 0 Å². The molecule has 0 spiro atoms. The summed E-state index contributed by atoms with van der Waals surface area (Å²) in [5.41, 5.74) is 4.73. The van der Waals surface area contributed by atoms with E-state index in [0.717, 1.165) is 74.7 Å². The molecule has 0 aromatic heterocycles. The van der Waals surface area contributed by atoms with Crippen molar-refractivity contribution in [2.75, 3.05) is 44.3 Å². The summed E-state index contributed by atoms with van der Waals surface area (Å²) in [6, 6.07) is 14.7. The van der Waals surface area contributed by atoms with E-state index in [0.29, 0.717) is 12.3 Å². The van der Waals surface area contributed by atoms with Gasteiger partial charge in [-0.2, -0.15) is 0 Å². The third-order valence-corrected chi connectivity index (χ3v) is 6.70. The number of benzene rings is 2. The van der Waals surface area contributed by atoms with E-state index < -0.39 is 0 Å². The van der Waals surface area contributed by atoms with Crippen LogP contribution >= 0.6 is 0 Å². The Kier molecular flexibility index (Phi) is 6.93. The number of hydrogen-bond acceptors (Lipinski definition) is 4. The van der Waals surface area contributed by atoms with Crippen molar-refractivity contribution in [2.45, 2.75) is 46.0 Å². The Morgan fingerprint density at radius 1 is 1.03 bits per heavy atom. The molecular weight excluding hydrogens is 386 g/mol. The molecule has 2 aliphatic heterocycles. The van der Waals surface area contributed by atoms with Crippen LogP contribution < -0.4 is 9.75 Å². The van der Waals surface area contributed by atoms with E-state index in [2.05, 4.69) is 66.2 Å². The van der Waals surface area contributed by atoms with Gasteiger partial charge >= 0.3 is 0 Å². The van der Waals surface area contributed by atoms with Gasteiger partial charge in [-0.25, -0.2) is 10.0 Å². The number of amides is 1. The van der Waals surface area contributed by atoms with E-state index in [4.69, 9.17) is 4.74 Å². The summed E-state index contributed by atoms with van der Waals surface area (Å²) in [4.78, 5) is 15.5. The Balaban J connectivity index is 1.38. The van der Waals surface area contributed by atoms with Crippen LogP contribution in [0.4, 0.5) is 5.69 Å². The first-order valence-electron chi connectivity index (χ1n) is 11.7. The Labute approximate surface area is 186 Å². The summed E-state index contributed by atoms with van der Waals surface area (Å²) in [6.45, 7) is 11.8. The maximum absolute atomic E-state index is 12.9. The highest BCUT2D eigenvalue weighted by molar-refractivity contribution is 5.93. The first-order valence-corrected chi connectivity index (χ1v) is 11.7. The van der Waals surface area contributed by atoms with Crippen LogP contribution in [0.1, 0.15) is 48.8 Å². The average molecular weight is 422 g/mol. The van der Waals surface area contributed by atoms with E-state index in [1.807, 2.05) is 11.9 Å². The monoisotopic (exact) mass is 421 g/mol. The molecule has 2 heterocycles. The number of aryl methyl sites for hydroxylation is 2. The van der Waals surface area contributed by atoms with Crippen LogP contribution in [-0.2, 0) is 4.79 Å². The van der Waals surface area contributed by atoms with Gasteiger partial charge in [-0.3, -0.25) is 4.79 Å². The first-order chi connectivity index (χ1) is 15.1. The van der Waals surface area contributed by atoms with Crippen molar-refractivity contribution in [3.63, 3.8) is 0 Å². The molecule has 31 heavy (non-hydrogen) atoms. The molecule has 166 valence electrons. The molecule has 1 unspecified atom stereocenters. The molecule has 4 rings (SSSR count). The van der Waals surface area contributed by atoms with Crippen molar-refractivity contribution in [3.05, 3.63) is 59.2 Å². The fourth-order valence-corrected chi connectivity index (χ4v) is 4.93. The number of hydrazine groups is 1. The topological polar surface area (TPSA) is 36.0 Å². The van der Waals surface area contributed by atoms with Crippen LogP contribution in [0.15, 0.2) is 42.5 Å². The Bertz CT molecular complexity index is 885. The molecule has 1 saturated heterocycles. The van der Waals surface area contributed by atoms with Crippen molar-refractivity contribution in [1.82, 2.24) is 9.91 Å². The predicted octanol–water partition coefficient (Wildman–Crippen LogP) is 4.54. The van der Waals surface area contributed by atoms with E-state index in [9.17, 15) is 4.79 Å². The minimum Gasteiger partial charge on any atom is -0.493 e. The van der Waals surface area contributed by atoms with Crippen LogP contribution in [0.3, 0.4) is 0 Å². The van der Waals surface area contributed by atoms with E-state index in [1.165, 1.54) is 5.56 Å².